The summed E-state index contributed by atoms with van der Waals surface area (Å²) in [4.78, 5) is 23.8. The Morgan fingerprint density at radius 3 is 2.04 bits per heavy atom. The van der Waals surface area contributed by atoms with Crippen LogP contribution in [0.25, 0.3) is 0 Å². The van der Waals surface area contributed by atoms with Crippen LogP contribution in [-0.2, 0) is 9.59 Å². The second-order valence-corrected chi connectivity index (χ2v) is 5.47. The third kappa shape index (κ3) is 4.88. The van der Waals surface area contributed by atoms with E-state index in [4.69, 9.17) is 4.74 Å². The molecule has 0 fully saturated rings. The van der Waals surface area contributed by atoms with Gasteiger partial charge in [-0.3, -0.25) is 9.59 Å². The minimum absolute atomic E-state index is 0.289. The van der Waals surface area contributed by atoms with Gasteiger partial charge in [0.25, 0.3) is 0 Å². The Balaban J connectivity index is 1.59. The van der Waals surface area contributed by atoms with Gasteiger partial charge < -0.3 is 15.4 Å². The molecule has 27 heavy (non-hydrogen) atoms. The summed E-state index contributed by atoms with van der Waals surface area (Å²) in [6.45, 7) is 0. The number of benzene rings is 3. The van der Waals surface area contributed by atoms with Gasteiger partial charge in [0.1, 0.15) is 23.1 Å². The minimum atomic E-state index is -1.08. The molecule has 0 unspecified atom stereocenters. The van der Waals surface area contributed by atoms with Crippen molar-refractivity contribution < 1.29 is 23.1 Å². The molecule has 0 spiro atoms. The number of ether oxygens (including phenoxy) is 1. The highest BCUT2D eigenvalue weighted by Gasteiger charge is 2.16. The van der Waals surface area contributed by atoms with Gasteiger partial charge in [0.15, 0.2) is 0 Å². The molecule has 3 aromatic rings. The van der Waals surface area contributed by atoms with E-state index in [1.165, 1.54) is 0 Å². The molecule has 0 bridgehead atoms. The van der Waals surface area contributed by atoms with Crippen LogP contribution in [0.3, 0.4) is 0 Å². The van der Waals surface area contributed by atoms with Crippen LogP contribution in [0.15, 0.2) is 72.8 Å². The van der Waals surface area contributed by atoms with E-state index in [9.17, 15) is 18.4 Å². The molecule has 0 saturated carbocycles. The zero-order valence-electron chi connectivity index (χ0n) is 13.9. The van der Waals surface area contributed by atoms with Crippen LogP contribution >= 0.6 is 0 Å². The van der Waals surface area contributed by atoms with Gasteiger partial charge in [-0.25, -0.2) is 8.78 Å². The van der Waals surface area contributed by atoms with E-state index in [0.717, 1.165) is 12.1 Å². The number of hydrogen-bond donors (Lipinski definition) is 2. The molecule has 136 valence electrons. The van der Waals surface area contributed by atoms with Crippen LogP contribution in [0, 0.1) is 11.6 Å². The summed E-state index contributed by atoms with van der Waals surface area (Å²) in [5.74, 6) is -2.61. The van der Waals surface area contributed by atoms with Gasteiger partial charge in [-0.1, -0.05) is 18.2 Å². The second kappa shape index (κ2) is 8.09. The van der Waals surface area contributed by atoms with Crippen LogP contribution in [0.4, 0.5) is 20.2 Å². The number of carbonyl (C=O) groups excluding carboxylic acids is 2. The minimum Gasteiger partial charge on any atom is -0.457 e. The standard InChI is InChI=1S/C20H14F2N2O3/c21-13-6-11-18(17(22)12-13)24-20(26)19(25)23-14-7-9-16(10-8-14)27-15-4-2-1-3-5-15/h1-12H,(H,23,25)(H,24,26). The van der Waals surface area contributed by atoms with Gasteiger partial charge >= 0.3 is 11.8 Å². The van der Waals surface area contributed by atoms with Crippen LogP contribution in [0.1, 0.15) is 0 Å². The first-order valence-corrected chi connectivity index (χ1v) is 7.91. The molecule has 3 rings (SSSR count). The number of halogens is 2. The van der Waals surface area contributed by atoms with E-state index in [2.05, 4.69) is 10.6 Å². The number of carbonyl (C=O) groups is 2. The number of amides is 2. The van der Waals surface area contributed by atoms with Crippen molar-refractivity contribution >= 4 is 23.2 Å². The fourth-order valence-corrected chi connectivity index (χ4v) is 2.19. The predicted molar refractivity (Wildman–Crippen MR) is 96.6 cm³/mol. The number of para-hydroxylation sites is 1. The average Bonchev–Trinajstić information content (AvgIpc) is 2.66. The van der Waals surface area contributed by atoms with Crippen molar-refractivity contribution in [3.05, 3.63) is 84.4 Å². The quantitative estimate of drug-likeness (QED) is 0.674. The van der Waals surface area contributed by atoms with Crippen molar-refractivity contribution in [3.8, 4) is 11.5 Å². The number of rotatable bonds is 4. The van der Waals surface area contributed by atoms with Crippen molar-refractivity contribution in [2.24, 2.45) is 0 Å². The molecule has 0 atom stereocenters. The Hall–Kier alpha value is -3.74. The van der Waals surface area contributed by atoms with Crippen LogP contribution < -0.4 is 15.4 Å². The van der Waals surface area contributed by atoms with Crippen molar-refractivity contribution in [3.63, 3.8) is 0 Å². The van der Waals surface area contributed by atoms with E-state index in [-0.39, 0.29) is 5.69 Å². The highest BCUT2D eigenvalue weighted by molar-refractivity contribution is 6.43. The smallest absolute Gasteiger partial charge is 0.314 e. The number of hydrogen-bond acceptors (Lipinski definition) is 3. The fraction of sp³-hybridized carbons (Fsp3) is 0. The molecule has 7 heteroatoms. The van der Waals surface area contributed by atoms with Gasteiger partial charge in [0.05, 0.1) is 5.69 Å². The fourth-order valence-electron chi connectivity index (χ4n) is 2.19. The summed E-state index contributed by atoms with van der Waals surface area (Å²) in [5, 5.41) is 4.46. The Kier molecular flexibility index (Phi) is 5.41. The molecule has 0 radical (unpaired) electrons. The lowest BCUT2D eigenvalue weighted by molar-refractivity contribution is -0.133. The third-order valence-corrected chi connectivity index (χ3v) is 3.48. The van der Waals surface area contributed by atoms with Gasteiger partial charge in [-0.2, -0.15) is 0 Å². The third-order valence-electron chi connectivity index (χ3n) is 3.48. The largest absolute Gasteiger partial charge is 0.457 e. The molecule has 0 aliphatic rings. The topological polar surface area (TPSA) is 67.4 Å². The molecule has 2 amide bonds. The first-order chi connectivity index (χ1) is 13.0. The summed E-state index contributed by atoms with van der Waals surface area (Å²) in [6, 6.07) is 18.1. The summed E-state index contributed by atoms with van der Waals surface area (Å²) >= 11 is 0. The van der Waals surface area contributed by atoms with E-state index < -0.39 is 23.4 Å². The summed E-state index contributed by atoms with van der Waals surface area (Å²) < 4.78 is 32.0. The maximum absolute atomic E-state index is 13.5. The first kappa shape index (κ1) is 18.1. The van der Waals surface area contributed by atoms with Crippen LogP contribution in [-0.4, -0.2) is 11.8 Å². The van der Waals surface area contributed by atoms with Crippen LogP contribution in [0.2, 0.25) is 0 Å². The Morgan fingerprint density at radius 2 is 1.37 bits per heavy atom. The summed E-state index contributed by atoms with van der Waals surface area (Å²) in [7, 11) is 0. The van der Waals surface area contributed by atoms with Crippen molar-refractivity contribution in [1.29, 1.82) is 0 Å². The maximum Gasteiger partial charge on any atom is 0.314 e. The van der Waals surface area contributed by atoms with Gasteiger partial charge in [0, 0.05) is 11.8 Å². The van der Waals surface area contributed by atoms with Gasteiger partial charge in [0.2, 0.25) is 0 Å². The Labute approximate surface area is 153 Å². The Morgan fingerprint density at radius 1 is 0.741 bits per heavy atom. The lowest BCUT2D eigenvalue weighted by Gasteiger charge is -2.09. The van der Waals surface area contributed by atoms with E-state index >= 15 is 0 Å². The zero-order valence-corrected chi connectivity index (χ0v) is 13.9. The summed E-state index contributed by atoms with van der Waals surface area (Å²) in [6.07, 6.45) is 0. The maximum atomic E-state index is 13.5. The van der Waals surface area contributed by atoms with Crippen molar-refractivity contribution in [2.45, 2.75) is 0 Å². The summed E-state index contributed by atoms with van der Waals surface area (Å²) in [5.41, 5.74) is 0.0679. The van der Waals surface area contributed by atoms with Crippen molar-refractivity contribution in [2.75, 3.05) is 10.6 Å². The highest BCUT2D eigenvalue weighted by Crippen LogP contribution is 2.22. The van der Waals surface area contributed by atoms with E-state index in [0.29, 0.717) is 23.3 Å². The first-order valence-electron chi connectivity index (χ1n) is 7.91. The SMILES string of the molecule is O=C(Nc1ccc(Oc2ccccc2)cc1)C(=O)Nc1ccc(F)cc1F. The molecule has 0 heterocycles. The highest BCUT2D eigenvalue weighted by atomic mass is 19.1. The lowest BCUT2D eigenvalue weighted by atomic mass is 10.2. The lowest BCUT2D eigenvalue weighted by Crippen LogP contribution is -2.29. The molecular formula is C20H14F2N2O3. The molecule has 5 nitrogen and oxygen atoms in total. The molecule has 0 aliphatic carbocycles. The molecule has 0 aliphatic heterocycles. The average molecular weight is 368 g/mol. The predicted octanol–water partition coefficient (Wildman–Crippen LogP) is 4.33. The Bertz CT molecular complexity index is 961. The van der Waals surface area contributed by atoms with Crippen molar-refractivity contribution in [1.82, 2.24) is 0 Å². The molecule has 0 saturated heterocycles. The van der Waals surface area contributed by atoms with E-state index in [1.54, 1.807) is 36.4 Å². The van der Waals surface area contributed by atoms with Crippen LogP contribution in [0.5, 0.6) is 11.5 Å². The molecule has 3 aromatic carbocycles. The number of nitrogens with one attached hydrogen (secondary N) is 2. The molecular weight excluding hydrogens is 354 g/mol. The normalized spacial score (nSPS) is 10.1. The molecule has 0 aromatic heterocycles. The van der Waals surface area contributed by atoms with Gasteiger partial charge in [-0.05, 0) is 48.5 Å². The monoisotopic (exact) mass is 368 g/mol. The zero-order chi connectivity index (χ0) is 19.2. The molecule has 2 N–H and O–H groups in total. The van der Waals surface area contributed by atoms with Gasteiger partial charge in [-0.15, -0.1) is 0 Å². The van der Waals surface area contributed by atoms with E-state index in [1.807, 2.05) is 18.2 Å². The number of anilines is 2. The second-order valence-electron chi connectivity index (χ2n) is 5.47.